The average Bonchev–Trinajstić information content (AvgIpc) is 3.70. The fourth-order valence-corrected chi connectivity index (χ4v) is 10.4. The van der Waals surface area contributed by atoms with Gasteiger partial charge >= 0.3 is 0 Å². The van der Waals surface area contributed by atoms with E-state index >= 15 is 4.39 Å². The van der Waals surface area contributed by atoms with Crippen LogP contribution in [0.3, 0.4) is 0 Å². The number of Topliss-reactive ketones (excluding diaryl/α,β-unsaturated/α-hetero) is 1. The van der Waals surface area contributed by atoms with Gasteiger partial charge in [0.1, 0.15) is 11.9 Å². The number of ketones is 1. The van der Waals surface area contributed by atoms with Gasteiger partial charge in [-0.3, -0.25) is 9.59 Å². The van der Waals surface area contributed by atoms with Crippen LogP contribution in [0.2, 0.25) is 0 Å². The number of aromatic nitrogens is 1. The van der Waals surface area contributed by atoms with Gasteiger partial charge in [0.2, 0.25) is 0 Å². The van der Waals surface area contributed by atoms with E-state index < -0.39 is 24.2 Å². The first kappa shape index (κ1) is 32.3. The van der Waals surface area contributed by atoms with E-state index in [-0.39, 0.29) is 41.9 Å². The van der Waals surface area contributed by atoms with Crippen molar-refractivity contribution >= 4 is 22.6 Å². The Labute approximate surface area is 283 Å². The number of hydrogen-bond donors (Lipinski definition) is 3. The maximum Gasteiger partial charge on any atom is 0.256 e. The van der Waals surface area contributed by atoms with Crippen LogP contribution in [-0.4, -0.2) is 103 Å². The Morgan fingerprint density at radius 3 is 2.73 bits per heavy atom. The standard InChI is InChI=1S/C38H52FN5O4/c1-43-15-5-8-25(43)12-14-41-38(46)29-21-44-32-16-22-6-3-4-7-23(22)17-33(32)48-37-34(30(39)19-28(35(37)44)36(29)45)40-13-11-24-20-42-31-18-26(47-2)9-10-27(24)31/h9-10,18,20-23,25,28,30,32-35,37,40,42H,3-8,11-17,19H2,1-2H3,(H,41,46). The van der Waals surface area contributed by atoms with Crippen molar-refractivity contribution < 1.29 is 23.5 Å². The van der Waals surface area contributed by atoms with Gasteiger partial charge in [-0.2, -0.15) is 0 Å². The van der Waals surface area contributed by atoms with E-state index in [9.17, 15) is 9.59 Å². The van der Waals surface area contributed by atoms with Crippen molar-refractivity contribution in [1.82, 2.24) is 25.4 Å². The number of H-pyrrole nitrogens is 1. The molecule has 2 saturated heterocycles. The zero-order valence-corrected chi connectivity index (χ0v) is 28.5. The SMILES string of the molecule is COc1ccc2c(CCNC3C(F)CC4C(=O)C(C(=O)NCCC5CCCN5C)=CN5C6CC7CCCCC7CC6OC3C45)c[nH]c2c1. The Kier molecular flexibility index (Phi) is 9.01. The largest absolute Gasteiger partial charge is 0.497 e. The number of ether oxygens (including phenoxy) is 2. The van der Waals surface area contributed by atoms with Gasteiger partial charge in [-0.1, -0.05) is 25.7 Å². The molecular formula is C38H52FN5O4. The highest BCUT2D eigenvalue weighted by Crippen LogP contribution is 2.50. The molecule has 1 aromatic carbocycles. The summed E-state index contributed by atoms with van der Waals surface area (Å²) in [6, 6.07) is 5.79. The third-order valence-electron chi connectivity index (χ3n) is 12.9. The van der Waals surface area contributed by atoms with Gasteiger partial charge in [0.15, 0.2) is 5.78 Å². The number of halogens is 1. The van der Waals surface area contributed by atoms with Gasteiger partial charge in [0, 0.05) is 47.9 Å². The van der Waals surface area contributed by atoms with Crippen LogP contribution in [0.15, 0.2) is 36.2 Å². The van der Waals surface area contributed by atoms with Crippen LogP contribution in [0.4, 0.5) is 4.39 Å². The van der Waals surface area contributed by atoms with Crippen LogP contribution in [0, 0.1) is 17.8 Å². The Balaban J connectivity index is 1.02. The molecule has 0 radical (unpaired) electrons. The topological polar surface area (TPSA) is 98.9 Å². The van der Waals surface area contributed by atoms with E-state index in [1.54, 1.807) is 7.11 Å². The summed E-state index contributed by atoms with van der Waals surface area (Å²) in [6.07, 6.45) is 13.2. The first-order chi connectivity index (χ1) is 23.4. The number of carbonyl (C=O) groups excluding carboxylic acids is 2. The molecule has 0 spiro atoms. The number of nitrogens with zero attached hydrogens (tertiary/aromatic N) is 2. The first-order valence-corrected chi connectivity index (χ1v) is 18.6. The van der Waals surface area contributed by atoms with Gasteiger partial charge in [-0.25, -0.2) is 4.39 Å². The molecule has 48 heavy (non-hydrogen) atoms. The van der Waals surface area contributed by atoms with E-state index in [2.05, 4.69) is 38.5 Å². The molecule has 6 aliphatic rings. The molecular weight excluding hydrogens is 609 g/mol. The molecule has 1 amide bonds. The number of aromatic amines is 1. The maximum absolute atomic E-state index is 16.4. The number of morpholine rings is 1. The Hall–Kier alpha value is -2.95. The minimum Gasteiger partial charge on any atom is -0.497 e. The first-order valence-electron chi connectivity index (χ1n) is 18.6. The lowest BCUT2D eigenvalue weighted by Crippen LogP contribution is -2.73. The number of hydrogen-bond acceptors (Lipinski definition) is 7. The van der Waals surface area contributed by atoms with Gasteiger partial charge in [-0.05, 0) is 94.6 Å². The average molecular weight is 662 g/mol. The number of fused-ring (bicyclic) bond motifs is 4. The third kappa shape index (κ3) is 5.85. The van der Waals surface area contributed by atoms with Crippen LogP contribution in [0.25, 0.3) is 10.9 Å². The molecule has 1 aromatic heterocycles. The molecule has 3 saturated carbocycles. The number of likely N-dealkylation sites (tertiary alicyclic amines) is 1. The second-order valence-electron chi connectivity index (χ2n) is 15.5. The predicted octanol–water partition coefficient (Wildman–Crippen LogP) is 4.51. The third-order valence-corrected chi connectivity index (χ3v) is 12.9. The number of carbonyl (C=O) groups is 2. The van der Waals surface area contributed by atoms with Crippen molar-refractivity contribution in [1.29, 1.82) is 0 Å². The molecule has 3 aliphatic heterocycles. The molecule has 10 atom stereocenters. The summed E-state index contributed by atoms with van der Waals surface area (Å²) in [7, 11) is 3.80. The van der Waals surface area contributed by atoms with E-state index in [1.165, 1.54) is 32.1 Å². The molecule has 260 valence electrons. The van der Waals surface area contributed by atoms with E-state index in [1.807, 2.05) is 24.5 Å². The van der Waals surface area contributed by atoms with Crippen molar-refractivity contribution in [2.75, 3.05) is 33.8 Å². The predicted molar refractivity (Wildman–Crippen MR) is 182 cm³/mol. The normalized spacial score (nSPS) is 36.3. The quantitative estimate of drug-likeness (QED) is 0.341. The molecule has 3 N–H and O–H groups in total. The minimum absolute atomic E-state index is 0.0314. The van der Waals surface area contributed by atoms with Gasteiger partial charge in [0.05, 0.1) is 43.0 Å². The molecule has 0 bridgehead atoms. The van der Waals surface area contributed by atoms with Crippen molar-refractivity contribution in [3.63, 3.8) is 0 Å². The minimum atomic E-state index is -1.25. The van der Waals surface area contributed by atoms with Crippen molar-refractivity contribution in [3.05, 3.63) is 41.7 Å². The fraction of sp³-hybridized carbons (Fsp3) is 0.684. The number of alkyl halides is 1. The van der Waals surface area contributed by atoms with Gasteiger partial charge in [0.25, 0.3) is 5.91 Å². The number of nitrogens with one attached hydrogen (secondary N) is 3. The maximum atomic E-state index is 16.4. The highest BCUT2D eigenvalue weighted by Gasteiger charge is 2.59. The monoisotopic (exact) mass is 661 g/mol. The Morgan fingerprint density at radius 1 is 1.10 bits per heavy atom. The molecule has 10 unspecified atom stereocenters. The van der Waals surface area contributed by atoms with E-state index in [0.29, 0.717) is 31.0 Å². The molecule has 8 rings (SSSR count). The summed E-state index contributed by atoms with van der Waals surface area (Å²) in [6.45, 7) is 2.22. The summed E-state index contributed by atoms with van der Waals surface area (Å²) in [5.41, 5.74) is 2.38. The highest BCUT2D eigenvalue weighted by atomic mass is 19.1. The molecule has 4 heterocycles. The van der Waals surface area contributed by atoms with E-state index in [0.717, 1.165) is 60.9 Å². The van der Waals surface area contributed by atoms with Crippen LogP contribution in [0.1, 0.15) is 69.8 Å². The molecule has 10 heteroatoms. The molecule has 3 aliphatic carbocycles. The summed E-state index contributed by atoms with van der Waals surface area (Å²) >= 11 is 0. The zero-order chi connectivity index (χ0) is 32.9. The lowest BCUT2D eigenvalue weighted by molar-refractivity contribution is -0.208. The summed E-state index contributed by atoms with van der Waals surface area (Å²) in [4.78, 5) is 35.7. The van der Waals surface area contributed by atoms with Crippen molar-refractivity contribution in [2.24, 2.45) is 17.8 Å². The zero-order valence-electron chi connectivity index (χ0n) is 28.5. The van der Waals surface area contributed by atoms with Crippen molar-refractivity contribution in [2.45, 2.75) is 113 Å². The van der Waals surface area contributed by atoms with E-state index in [4.69, 9.17) is 9.47 Å². The van der Waals surface area contributed by atoms with Crippen LogP contribution in [-0.2, 0) is 20.7 Å². The second-order valence-corrected chi connectivity index (χ2v) is 15.5. The molecule has 2 aromatic rings. The smallest absolute Gasteiger partial charge is 0.256 e. The lowest BCUT2D eigenvalue weighted by Gasteiger charge is -2.61. The second kappa shape index (κ2) is 13.4. The molecule has 5 fully saturated rings. The Morgan fingerprint density at radius 2 is 1.94 bits per heavy atom. The van der Waals surface area contributed by atoms with Crippen LogP contribution >= 0.6 is 0 Å². The Bertz CT molecular complexity index is 1540. The van der Waals surface area contributed by atoms with Gasteiger partial charge < -0.3 is 34.9 Å². The fourth-order valence-electron chi connectivity index (χ4n) is 10.4. The summed E-state index contributed by atoms with van der Waals surface area (Å²) in [5.74, 6) is 0.962. The number of methoxy groups -OCH3 is 1. The number of benzene rings is 1. The summed E-state index contributed by atoms with van der Waals surface area (Å²) in [5, 5.41) is 7.77. The number of rotatable bonds is 9. The van der Waals surface area contributed by atoms with Crippen LogP contribution < -0.4 is 15.4 Å². The van der Waals surface area contributed by atoms with Gasteiger partial charge in [-0.15, -0.1) is 0 Å². The highest BCUT2D eigenvalue weighted by molar-refractivity contribution is 6.20. The van der Waals surface area contributed by atoms with Crippen LogP contribution in [0.5, 0.6) is 5.75 Å². The van der Waals surface area contributed by atoms with Crippen molar-refractivity contribution in [3.8, 4) is 5.75 Å². The summed E-state index contributed by atoms with van der Waals surface area (Å²) < 4.78 is 28.7. The molecule has 9 nitrogen and oxygen atoms in total. The lowest BCUT2D eigenvalue weighted by atomic mass is 9.65. The number of amides is 1.